The van der Waals surface area contributed by atoms with E-state index in [1.807, 2.05) is 24.3 Å². The molecule has 5 nitrogen and oxygen atoms in total. The second-order valence-electron chi connectivity index (χ2n) is 3.68. The van der Waals surface area contributed by atoms with Crippen LogP contribution >= 0.6 is 0 Å². The number of hydrogen-bond donors (Lipinski definition) is 2. The van der Waals surface area contributed by atoms with Gasteiger partial charge < -0.3 is 15.3 Å². The highest BCUT2D eigenvalue weighted by atomic mass is 16.4. The molecule has 0 aliphatic carbocycles. The van der Waals surface area contributed by atoms with Gasteiger partial charge in [0.2, 0.25) is 5.89 Å². The third kappa shape index (κ3) is 2.70. The second-order valence-corrected chi connectivity index (χ2v) is 3.68. The molecule has 2 rings (SSSR count). The molecule has 0 amide bonds. The van der Waals surface area contributed by atoms with E-state index in [2.05, 4.69) is 4.98 Å². The Hall–Kier alpha value is -2.14. The molecule has 0 saturated heterocycles. The lowest BCUT2D eigenvalue weighted by molar-refractivity contribution is -0.138. The van der Waals surface area contributed by atoms with Crippen molar-refractivity contribution in [1.82, 2.24) is 4.98 Å². The Morgan fingerprint density at radius 3 is 2.65 bits per heavy atom. The predicted molar refractivity (Wildman–Crippen MR) is 61.3 cm³/mol. The Kier molecular flexibility index (Phi) is 3.20. The lowest BCUT2D eigenvalue weighted by atomic mass is 10.0. The minimum absolute atomic E-state index is 0.307. The van der Waals surface area contributed by atoms with E-state index in [1.54, 1.807) is 6.20 Å². The number of carboxylic acids is 1. The van der Waals surface area contributed by atoms with E-state index < -0.39 is 12.0 Å². The topological polar surface area (TPSA) is 89.4 Å². The van der Waals surface area contributed by atoms with E-state index in [-0.39, 0.29) is 0 Å². The first-order chi connectivity index (χ1) is 8.16. The number of benzene rings is 1. The van der Waals surface area contributed by atoms with E-state index in [0.29, 0.717) is 12.3 Å². The Balaban J connectivity index is 2.11. The Bertz CT molecular complexity index is 491. The molecule has 0 saturated carbocycles. The molecular weight excluding hydrogens is 220 g/mol. The van der Waals surface area contributed by atoms with Crippen LogP contribution in [0.4, 0.5) is 0 Å². The summed E-state index contributed by atoms with van der Waals surface area (Å²) in [5.41, 5.74) is 7.17. The summed E-state index contributed by atoms with van der Waals surface area (Å²) in [5.74, 6) is -0.458. The lowest BCUT2D eigenvalue weighted by Crippen LogP contribution is -2.32. The van der Waals surface area contributed by atoms with Crippen LogP contribution in [0.15, 0.2) is 41.1 Å². The zero-order chi connectivity index (χ0) is 12.3. The summed E-state index contributed by atoms with van der Waals surface area (Å²) in [5, 5.41) is 8.70. The van der Waals surface area contributed by atoms with E-state index >= 15 is 0 Å². The molecule has 0 aliphatic rings. The van der Waals surface area contributed by atoms with Crippen LogP contribution in [0.3, 0.4) is 0 Å². The monoisotopic (exact) mass is 232 g/mol. The highest BCUT2D eigenvalue weighted by molar-refractivity contribution is 5.73. The van der Waals surface area contributed by atoms with Crippen LogP contribution in [0.5, 0.6) is 0 Å². The normalized spacial score (nSPS) is 12.3. The summed E-state index contributed by atoms with van der Waals surface area (Å²) in [7, 11) is 0. The van der Waals surface area contributed by atoms with Crippen LogP contribution in [0.1, 0.15) is 5.56 Å². The molecule has 0 fully saturated rings. The number of rotatable bonds is 4. The van der Waals surface area contributed by atoms with Crippen molar-refractivity contribution in [2.45, 2.75) is 12.5 Å². The molecule has 5 heteroatoms. The van der Waals surface area contributed by atoms with Crippen molar-refractivity contribution in [3.8, 4) is 11.5 Å². The highest BCUT2D eigenvalue weighted by Gasteiger charge is 2.12. The van der Waals surface area contributed by atoms with Crippen LogP contribution in [0, 0.1) is 0 Å². The molecule has 0 spiro atoms. The number of carbonyl (C=O) groups is 1. The molecule has 1 unspecified atom stereocenters. The number of aliphatic carboxylic acids is 1. The summed E-state index contributed by atoms with van der Waals surface area (Å²) in [6, 6.07) is 6.43. The molecular formula is C12H12N2O3. The molecule has 0 aliphatic heterocycles. The number of nitrogens with two attached hydrogens (primary N) is 1. The predicted octanol–water partition coefficient (Wildman–Crippen LogP) is 1.30. The SMILES string of the molecule is NC(Cc1ccc(-c2ncco2)cc1)C(=O)O. The van der Waals surface area contributed by atoms with Gasteiger partial charge in [-0.15, -0.1) is 0 Å². The molecule has 0 bridgehead atoms. The van der Waals surface area contributed by atoms with Crippen molar-refractivity contribution in [2.75, 3.05) is 0 Å². The fourth-order valence-electron chi connectivity index (χ4n) is 1.49. The number of hydrogen-bond acceptors (Lipinski definition) is 4. The van der Waals surface area contributed by atoms with Crippen molar-refractivity contribution in [3.05, 3.63) is 42.3 Å². The lowest BCUT2D eigenvalue weighted by Gasteiger charge is -2.06. The number of aromatic nitrogens is 1. The van der Waals surface area contributed by atoms with E-state index in [1.165, 1.54) is 6.26 Å². The minimum Gasteiger partial charge on any atom is -0.480 e. The number of nitrogens with zero attached hydrogens (tertiary/aromatic N) is 1. The summed E-state index contributed by atoms with van der Waals surface area (Å²) in [6.07, 6.45) is 3.38. The second kappa shape index (κ2) is 4.80. The van der Waals surface area contributed by atoms with Crippen LogP contribution in [-0.2, 0) is 11.2 Å². The van der Waals surface area contributed by atoms with Gasteiger partial charge in [-0.1, -0.05) is 12.1 Å². The first-order valence-corrected chi connectivity index (χ1v) is 5.14. The van der Waals surface area contributed by atoms with Gasteiger partial charge in [0.1, 0.15) is 12.3 Å². The zero-order valence-corrected chi connectivity index (χ0v) is 9.04. The van der Waals surface area contributed by atoms with Crippen molar-refractivity contribution < 1.29 is 14.3 Å². The third-order valence-corrected chi connectivity index (χ3v) is 2.41. The van der Waals surface area contributed by atoms with Crippen LogP contribution in [0.2, 0.25) is 0 Å². The van der Waals surface area contributed by atoms with Gasteiger partial charge in [0.15, 0.2) is 0 Å². The molecule has 1 atom stereocenters. The van der Waals surface area contributed by atoms with Crippen molar-refractivity contribution in [3.63, 3.8) is 0 Å². The van der Waals surface area contributed by atoms with Gasteiger partial charge in [-0.25, -0.2) is 4.98 Å². The van der Waals surface area contributed by atoms with Gasteiger partial charge in [0, 0.05) is 5.56 Å². The van der Waals surface area contributed by atoms with Gasteiger partial charge in [-0.2, -0.15) is 0 Å². The summed E-state index contributed by atoms with van der Waals surface area (Å²) in [4.78, 5) is 14.6. The first kappa shape index (κ1) is 11.3. The molecule has 2 aromatic rings. The van der Waals surface area contributed by atoms with Crippen molar-refractivity contribution >= 4 is 5.97 Å². The smallest absolute Gasteiger partial charge is 0.320 e. The average Bonchev–Trinajstić information content (AvgIpc) is 2.83. The van der Waals surface area contributed by atoms with Gasteiger partial charge >= 0.3 is 5.97 Å². The molecule has 0 radical (unpaired) electrons. The summed E-state index contributed by atoms with van der Waals surface area (Å²) in [6.45, 7) is 0. The molecule has 1 aromatic carbocycles. The Morgan fingerprint density at radius 1 is 1.41 bits per heavy atom. The van der Waals surface area contributed by atoms with Gasteiger partial charge in [0.05, 0.1) is 6.20 Å². The van der Waals surface area contributed by atoms with Gasteiger partial charge in [0.25, 0.3) is 0 Å². The third-order valence-electron chi connectivity index (χ3n) is 2.41. The summed E-state index contributed by atoms with van der Waals surface area (Å²) < 4.78 is 5.15. The minimum atomic E-state index is -0.998. The van der Waals surface area contributed by atoms with Gasteiger partial charge in [-0.3, -0.25) is 4.79 Å². The summed E-state index contributed by atoms with van der Waals surface area (Å²) >= 11 is 0. The average molecular weight is 232 g/mol. The van der Waals surface area contributed by atoms with Crippen molar-refractivity contribution in [1.29, 1.82) is 0 Å². The molecule has 17 heavy (non-hydrogen) atoms. The maximum absolute atomic E-state index is 10.6. The number of carboxylic acid groups (broad SMARTS) is 1. The highest BCUT2D eigenvalue weighted by Crippen LogP contribution is 2.17. The zero-order valence-electron chi connectivity index (χ0n) is 9.04. The molecule has 88 valence electrons. The van der Waals surface area contributed by atoms with Crippen molar-refractivity contribution in [2.24, 2.45) is 5.73 Å². The van der Waals surface area contributed by atoms with Crippen LogP contribution in [-0.4, -0.2) is 22.1 Å². The quantitative estimate of drug-likeness (QED) is 0.829. The first-order valence-electron chi connectivity index (χ1n) is 5.14. The maximum Gasteiger partial charge on any atom is 0.320 e. The Labute approximate surface area is 97.9 Å². The standard InChI is InChI=1S/C12H12N2O3/c13-10(12(15)16)7-8-1-3-9(4-2-8)11-14-5-6-17-11/h1-6,10H,7,13H2,(H,15,16). The molecule has 3 N–H and O–H groups in total. The fourth-order valence-corrected chi connectivity index (χ4v) is 1.49. The van der Waals surface area contributed by atoms with Crippen LogP contribution < -0.4 is 5.73 Å². The van der Waals surface area contributed by atoms with E-state index in [0.717, 1.165) is 11.1 Å². The largest absolute Gasteiger partial charge is 0.480 e. The molecule has 1 heterocycles. The maximum atomic E-state index is 10.6. The van der Waals surface area contributed by atoms with Crippen LogP contribution in [0.25, 0.3) is 11.5 Å². The van der Waals surface area contributed by atoms with E-state index in [4.69, 9.17) is 15.3 Å². The fraction of sp³-hybridized carbons (Fsp3) is 0.167. The van der Waals surface area contributed by atoms with E-state index in [9.17, 15) is 4.79 Å². The molecule has 1 aromatic heterocycles. The number of oxazole rings is 1. The van der Waals surface area contributed by atoms with Gasteiger partial charge in [-0.05, 0) is 24.1 Å². The Morgan fingerprint density at radius 2 is 2.12 bits per heavy atom.